The van der Waals surface area contributed by atoms with Gasteiger partial charge in [-0.2, -0.15) is 0 Å². The van der Waals surface area contributed by atoms with E-state index in [4.69, 9.17) is 13.9 Å². The molecule has 8 heteroatoms. The largest absolute Gasteiger partial charge is 0.497 e. The van der Waals surface area contributed by atoms with Crippen LogP contribution >= 0.6 is 0 Å². The minimum Gasteiger partial charge on any atom is -0.497 e. The van der Waals surface area contributed by atoms with Crippen LogP contribution in [-0.2, 0) is 6.54 Å². The molecule has 35 heavy (non-hydrogen) atoms. The molecule has 0 bridgehead atoms. The summed E-state index contributed by atoms with van der Waals surface area (Å²) >= 11 is 0. The number of benzene rings is 3. The van der Waals surface area contributed by atoms with Crippen LogP contribution in [0.1, 0.15) is 26.3 Å². The van der Waals surface area contributed by atoms with Crippen molar-refractivity contribution in [2.75, 3.05) is 26.2 Å². The molecule has 0 radical (unpaired) electrons. The number of anilines is 1. The van der Waals surface area contributed by atoms with Crippen LogP contribution in [0.2, 0.25) is 0 Å². The van der Waals surface area contributed by atoms with Gasteiger partial charge in [-0.25, -0.2) is 4.79 Å². The lowest BCUT2D eigenvalue weighted by atomic mass is 10.1. The predicted octanol–water partition coefficient (Wildman–Crippen LogP) is 4.02. The first kappa shape index (κ1) is 23.6. The first-order valence-corrected chi connectivity index (χ1v) is 10.8. The standard InChI is InChI=1S/C27H24N2O6/c1-28-25(30)18-8-10-20(11-9-18)29(16-17-12-21(33-2)15-22(13-17)34-3)26(31)23-14-19-6-4-5-7-24(19)35-27(23)32/h4-15H,16H2,1-3H3,(H,28,30). The Balaban J connectivity index is 1.80. The Morgan fingerprint density at radius 2 is 1.57 bits per heavy atom. The molecule has 0 fully saturated rings. The zero-order valence-electron chi connectivity index (χ0n) is 19.5. The van der Waals surface area contributed by atoms with Gasteiger partial charge in [0, 0.05) is 29.8 Å². The van der Waals surface area contributed by atoms with Crippen LogP contribution in [0.4, 0.5) is 5.69 Å². The number of carbonyl (C=O) groups is 2. The maximum Gasteiger partial charge on any atom is 0.349 e. The lowest BCUT2D eigenvalue weighted by molar-refractivity contribution is 0.0961. The average molecular weight is 472 g/mol. The van der Waals surface area contributed by atoms with E-state index in [1.54, 1.807) is 88.0 Å². The van der Waals surface area contributed by atoms with E-state index in [-0.39, 0.29) is 18.0 Å². The number of methoxy groups -OCH3 is 2. The third-order valence-electron chi connectivity index (χ3n) is 5.54. The highest BCUT2D eigenvalue weighted by Crippen LogP contribution is 2.27. The smallest absolute Gasteiger partial charge is 0.349 e. The molecule has 0 spiro atoms. The van der Waals surface area contributed by atoms with E-state index in [2.05, 4.69) is 5.32 Å². The van der Waals surface area contributed by atoms with E-state index in [0.29, 0.717) is 33.7 Å². The summed E-state index contributed by atoms with van der Waals surface area (Å²) in [5.74, 6) is 0.333. The highest BCUT2D eigenvalue weighted by molar-refractivity contribution is 6.07. The van der Waals surface area contributed by atoms with Crippen molar-refractivity contribution in [1.29, 1.82) is 0 Å². The second-order valence-electron chi connectivity index (χ2n) is 7.72. The molecule has 1 heterocycles. The Morgan fingerprint density at radius 1 is 0.914 bits per heavy atom. The number of hydrogen-bond donors (Lipinski definition) is 1. The minimum absolute atomic E-state index is 0.103. The quantitative estimate of drug-likeness (QED) is 0.408. The Kier molecular flexibility index (Phi) is 6.82. The molecule has 0 aliphatic carbocycles. The van der Waals surface area contributed by atoms with Crippen molar-refractivity contribution in [2.24, 2.45) is 0 Å². The molecule has 178 valence electrons. The highest BCUT2D eigenvalue weighted by atomic mass is 16.5. The van der Waals surface area contributed by atoms with Crippen molar-refractivity contribution in [3.8, 4) is 11.5 Å². The summed E-state index contributed by atoms with van der Waals surface area (Å²) in [7, 11) is 4.62. The fourth-order valence-electron chi connectivity index (χ4n) is 3.71. The van der Waals surface area contributed by atoms with Crippen LogP contribution in [0.15, 0.2) is 82.0 Å². The molecule has 3 aromatic carbocycles. The number of fused-ring (bicyclic) bond motifs is 1. The molecule has 4 rings (SSSR count). The second kappa shape index (κ2) is 10.1. The number of carbonyl (C=O) groups excluding carboxylic acids is 2. The van der Waals surface area contributed by atoms with Gasteiger partial charge in [-0.05, 0) is 54.1 Å². The van der Waals surface area contributed by atoms with Crippen molar-refractivity contribution in [1.82, 2.24) is 5.32 Å². The molecule has 0 atom stereocenters. The molecule has 1 N–H and O–H groups in total. The number of rotatable bonds is 7. The van der Waals surface area contributed by atoms with Gasteiger partial charge in [0.1, 0.15) is 22.6 Å². The highest BCUT2D eigenvalue weighted by Gasteiger charge is 2.23. The fourth-order valence-corrected chi connectivity index (χ4v) is 3.71. The normalized spacial score (nSPS) is 10.6. The van der Waals surface area contributed by atoms with Crippen molar-refractivity contribution in [3.05, 3.63) is 99.9 Å². The summed E-state index contributed by atoms with van der Waals surface area (Å²) in [5.41, 5.74) is 1.22. The van der Waals surface area contributed by atoms with Gasteiger partial charge in [0.25, 0.3) is 11.8 Å². The summed E-state index contributed by atoms with van der Waals surface area (Å²) < 4.78 is 16.1. The fraction of sp³-hybridized carbons (Fsp3) is 0.148. The van der Waals surface area contributed by atoms with Crippen LogP contribution in [0.5, 0.6) is 11.5 Å². The average Bonchev–Trinajstić information content (AvgIpc) is 2.90. The van der Waals surface area contributed by atoms with Crippen molar-refractivity contribution in [3.63, 3.8) is 0 Å². The van der Waals surface area contributed by atoms with E-state index in [1.807, 2.05) is 0 Å². The van der Waals surface area contributed by atoms with E-state index in [9.17, 15) is 14.4 Å². The van der Waals surface area contributed by atoms with Crippen molar-refractivity contribution < 1.29 is 23.5 Å². The summed E-state index contributed by atoms with van der Waals surface area (Å²) in [6.45, 7) is 0.109. The summed E-state index contributed by atoms with van der Waals surface area (Å²) in [5, 5.41) is 3.20. The third-order valence-corrected chi connectivity index (χ3v) is 5.54. The molecule has 0 aliphatic heterocycles. The number of hydrogen-bond acceptors (Lipinski definition) is 6. The Bertz CT molecular complexity index is 1420. The minimum atomic E-state index is -0.732. The molecular weight excluding hydrogens is 448 g/mol. The monoisotopic (exact) mass is 472 g/mol. The van der Waals surface area contributed by atoms with Gasteiger partial charge >= 0.3 is 5.63 Å². The molecule has 2 amide bonds. The molecule has 0 saturated carbocycles. The van der Waals surface area contributed by atoms with E-state index in [0.717, 1.165) is 5.56 Å². The second-order valence-corrected chi connectivity index (χ2v) is 7.72. The summed E-state index contributed by atoms with van der Waals surface area (Å²) in [4.78, 5) is 39.9. The van der Waals surface area contributed by atoms with Crippen LogP contribution in [-0.4, -0.2) is 33.1 Å². The lowest BCUT2D eigenvalue weighted by Gasteiger charge is -2.23. The van der Waals surface area contributed by atoms with Crippen LogP contribution in [0.25, 0.3) is 11.0 Å². The molecule has 0 unspecified atom stereocenters. The van der Waals surface area contributed by atoms with Gasteiger partial charge in [0.15, 0.2) is 0 Å². The van der Waals surface area contributed by atoms with Gasteiger partial charge in [-0.15, -0.1) is 0 Å². The van der Waals surface area contributed by atoms with Crippen molar-refractivity contribution >= 4 is 28.5 Å². The van der Waals surface area contributed by atoms with Gasteiger partial charge in [-0.1, -0.05) is 18.2 Å². The van der Waals surface area contributed by atoms with Crippen molar-refractivity contribution in [2.45, 2.75) is 6.54 Å². The predicted molar refractivity (Wildman–Crippen MR) is 132 cm³/mol. The van der Waals surface area contributed by atoms with E-state index < -0.39 is 11.5 Å². The Labute approximate surface area is 201 Å². The Morgan fingerprint density at radius 3 is 2.20 bits per heavy atom. The summed E-state index contributed by atoms with van der Waals surface area (Å²) in [6, 6.07) is 20.4. The number of nitrogens with zero attached hydrogens (tertiary/aromatic N) is 1. The van der Waals surface area contributed by atoms with E-state index in [1.165, 1.54) is 11.0 Å². The zero-order chi connectivity index (χ0) is 24.9. The molecular formula is C27H24N2O6. The number of amides is 2. The van der Waals surface area contributed by atoms with Gasteiger partial charge < -0.3 is 24.1 Å². The number of ether oxygens (including phenoxy) is 2. The van der Waals surface area contributed by atoms with Crippen LogP contribution in [0.3, 0.4) is 0 Å². The molecule has 0 saturated heterocycles. The molecule has 8 nitrogen and oxygen atoms in total. The van der Waals surface area contributed by atoms with Gasteiger partial charge in [-0.3, -0.25) is 9.59 Å². The molecule has 0 aliphatic rings. The molecule has 1 aromatic heterocycles. The first-order chi connectivity index (χ1) is 16.9. The molecule has 4 aromatic rings. The maximum absolute atomic E-state index is 13.7. The first-order valence-electron chi connectivity index (χ1n) is 10.8. The maximum atomic E-state index is 13.7. The third kappa shape index (κ3) is 5.01. The summed E-state index contributed by atoms with van der Waals surface area (Å²) in [6.07, 6.45) is 0. The SMILES string of the molecule is CNC(=O)c1ccc(N(Cc2cc(OC)cc(OC)c2)C(=O)c2cc3ccccc3oc2=O)cc1. The topological polar surface area (TPSA) is 98.1 Å². The van der Waals surface area contributed by atoms with Gasteiger partial charge in [0.05, 0.1) is 20.8 Å². The number of para-hydroxylation sites is 1. The van der Waals surface area contributed by atoms with Crippen LogP contribution in [0, 0.1) is 0 Å². The van der Waals surface area contributed by atoms with Crippen LogP contribution < -0.4 is 25.3 Å². The zero-order valence-corrected chi connectivity index (χ0v) is 19.5. The number of nitrogens with one attached hydrogen (secondary N) is 1. The lowest BCUT2D eigenvalue weighted by Crippen LogP contribution is -2.33. The van der Waals surface area contributed by atoms with Gasteiger partial charge in [0.2, 0.25) is 0 Å². The van der Waals surface area contributed by atoms with E-state index >= 15 is 0 Å². The Hall–Kier alpha value is -4.59.